The van der Waals surface area contributed by atoms with Gasteiger partial charge in [-0.05, 0) is 45.1 Å². The zero-order chi connectivity index (χ0) is 22.8. The summed E-state index contributed by atoms with van der Waals surface area (Å²) in [5.74, 6) is -1.73. The van der Waals surface area contributed by atoms with E-state index in [0.717, 1.165) is 22.5 Å². The van der Waals surface area contributed by atoms with Crippen LogP contribution in [0.2, 0.25) is 0 Å². The topological polar surface area (TPSA) is 43.8 Å². The standard InChI is InChI=1S/C24H33F3N2O2/c1-4-18(14-17-8-6-5-7-9-17)20-15-21(20)29(22(30)24(25,26)27)19-10-12-28(13-11-19)16-23(2,3)31/h5-9,14,19-21,31H,4,10-13,15-16H2,1-3H3/b18-14+/t20-,21+/m0/s1. The van der Waals surface area contributed by atoms with E-state index in [4.69, 9.17) is 0 Å². The van der Waals surface area contributed by atoms with Crippen molar-refractivity contribution in [1.29, 1.82) is 0 Å². The molecular formula is C24H33F3N2O2. The lowest BCUT2D eigenvalue weighted by atomic mass is 9.99. The summed E-state index contributed by atoms with van der Waals surface area (Å²) in [4.78, 5) is 15.6. The highest BCUT2D eigenvalue weighted by Gasteiger charge is 2.54. The van der Waals surface area contributed by atoms with Gasteiger partial charge in [-0.1, -0.05) is 48.9 Å². The number of piperidine rings is 1. The minimum absolute atomic E-state index is 0.0223. The Labute approximate surface area is 182 Å². The van der Waals surface area contributed by atoms with Crippen LogP contribution >= 0.6 is 0 Å². The highest BCUT2D eigenvalue weighted by molar-refractivity contribution is 5.83. The van der Waals surface area contributed by atoms with Crippen molar-refractivity contribution >= 4 is 12.0 Å². The predicted octanol–water partition coefficient (Wildman–Crippen LogP) is 4.49. The molecule has 3 rings (SSSR count). The van der Waals surface area contributed by atoms with E-state index in [1.54, 1.807) is 13.8 Å². The zero-order valence-electron chi connectivity index (χ0n) is 18.5. The van der Waals surface area contributed by atoms with Crippen LogP contribution in [0.5, 0.6) is 0 Å². The van der Waals surface area contributed by atoms with Crippen molar-refractivity contribution in [3.63, 3.8) is 0 Å². The third-order valence-electron chi connectivity index (χ3n) is 6.19. The van der Waals surface area contributed by atoms with E-state index < -0.39 is 29.8 Å². The number of alkyl halides is 3. The number of nitrogens with zero attached hydrogens (tertiary/aromatic N) is 2. The third-order valence-corrected chi connectivity index (χ3v) is 6.19. The molecule has 1 aromatic carbocycles. The second-order valence-corrected chi connectivity index (χ2v) is 9.42. The number of amides is 1. The van der Waals surface area contributed by atoms with E-state index in [-0.39, 0.29) is 5.92 Å². The average molecular weight is 439 g/mol. The molecule has 0 unspecified atom stereocenters. The van der Waals surface area contributed by atoms with Crippen LogP contribution in [0.3, 0.4) is 0 Å². The van der Waals surface area contributed by atoms with Gasteiger partial charge in [-0.2, -0.15) is 13.2 Å². The van der Waals surface area contributed by atoms with Gasteiger partial charge in [0.2, 0.25) is 0 Å². The van der Waals surface area contributed by atoms with Gasteiger partial charge in [-0.25, -0.2) is 0 Å². The Kier molecular flexibility index (Phi) is 7.16. The molecule has 2 aliphatic rings. The van der Waals surface area contributed by atoms with Crippen molar-refractivity contribution in [2.75, 3.05) is 19.6 Å². The molecule has 1 heterocycles. The summed E-state index contributed by atoms with van der Waals surface area (Å²) >= 11 is 0. The Hall–Kier alpha value is -1.86. The van der Waals surface area contributed by atoms with Crippen LogP contribution in [0.1, 0.15) is 52.0 Å². The number of benzene rings is 1. The third kappa shape index (κ3) is 6.32. The molecule has 2 fully saturated rings. The van der Waals surface area contributed by atoms with E-state index in [1.165, 1.54) is 0 Å². The summed E-state index contributed by atoms with van der Waals surface area (Å²) in [6, 6.07) is 8.94. The van der Waals surface area contributed by atoms with Crippen molar-refractivity contribution in [1.82, 2.24) is 9.80 Å². The smallest absolute Gasteiger partial charge is 0.389 e. The highest BCUT2D eigenvalue weighted by atomic mass is 19.4. The molecule has 0 radical (unpaired) electrons. The summed E-state index contributed by atoms with van der Waals surface area (Å²) in [6.45, 7) is 7.08. The second-order valence-electron chi connectivity index (χ2n) is 9.42. The molecule has 1 saturated heterocycles. The van der Waals surface area contributed by atoms with Gasteiger partial charge >= 0.3 is 12.1 Å². The van der Waals surface area contributed by atoms with E-state index in [9.17, 15) is 23.1 Å². The molecule has 1 saturated carbocycles. The van der Waals surface area contributed by atoms with E-state index in [0.29, 0.717) is 38.9 Å². The number of hydrogen-bond acceptors (Lipinski definition) is 3. The van der Waals surface area contributed by atoms with E-state index in [1.807, 2.05) is 43.3 Å². The van der Waals surface area contributed by atoms with Gasteiger partial charge in [0.25, 0.3) is 0 Å². The van der Waals surface area contributed by atoms with Gasteiger partial charge in [0.15, 0.2) is 0 Å². The van der Waals surface area contributed by atoms with Crippen molar-refractivity contribution < 1.29 is 23.1 Å². The van der Waals surface area contributed by atoms with Crippen LogP contribution in [-0.2, 0) is 4.79 Å². The van der Waals surface area contributed by atoms with Crippen LogP contribution in [0.4, 0.5) is 13.2 Å². The summed E-state index contributed by atoms with van der Waals surface area (Å²) in [6.07, 6.45) is -0.512. The quantitative estimate of drug-likeness (QED) is 0.682. The van der Waals surface area contributed by atoms with Gasteiger partial charge in [0, 0.05) is 37.6 Å². The first-order chi connectivity index (χ1) is 14.5. The predicted molar refractivity (Wildman–Crippen MR) is 115 cm³/mol. The fourth-order valence-electron chi connectivity index (χ4n) is 4.76. The highest BCUT2D eigenvalue weighted by Crippen LogP contribution is 2.46. The summed E-state index contributed by atoms with van der Waals surface area (Å²) in [5, 5.41) is 10.0. The number of likely N-dealkylation sites (tertiary alicyclic amines) is 1. The molecule has 1 aromatic rings. The molecule has 2 atom stereocenters. The number of carbonyl (C=O) groups excluding carboxylic acids is 1. The van der Waals surface area contributed by atoms with Crippen molar-refractivity contribution in [2.45, 2.75) is 70.3 Å². The normalized spacial score (nSPS) is 23.6. The lowest BCUT2D eigenvalue weighted by Gasteiger charge is -2.40. The molecule has 0 bridgehead atoms. The molecule has 172 valence electrons. The first-order valence-electron chi connectivity index (χ1n) is 11.1. The molecular weight excluding hydrogens is 405 g/mol. The molecule has 0 spiro atoms. The summed E-state index contributed by atoms with van der Waals surface area (Å²) < 4.78 is 40.3. The molecule has 4 nitrogen and oxygen atoms in total. The Bertz CT molecular complexity index is 778. The van der Waals surface area contributed by atoms with Gasteiger partial charge in [-0.3, -0.25) is 4.79 Å². The molecule has 7 heteroatoms. The van der Waals surface area contributed by atoms with Crippen molar-refractivity contribution in [2.24, 2.45) is 5.92 Å². The van der Waals surface area contributed by atoms with Crippen LogP contribution in [0.15, 0.2) is 35.9 Å². The maximum Gasteiger partial charge on any atom is 0.471 e. The Morgan fingerprint density at radius 3 is 2.32 bits per heavy atom. The SMILES string of the molecule is CC/C(=C\c1ccccc1)[C@@H]1C[C@H]1N(C(=O)C(F)(F)F)C1CCN(CC(C)(C)O)CC1. The van der Waals surface area contributed by atoms with E-state index >= 15 is 0 Å². The molecule has 0 aromatic heterocycles. The number of aliphatic hydroxyl groups is 1. The maximum absolute atomic E-state index is 13.4. The van der Waals surface area contributed by atoms with Crippen molar-refractivity contribution in [3.8, 4) is 0 Å². The lowest BCUT2D eigenvalue weighted by molar-refractivity contribution is -0.189. The maximum atomic E-state index is 13.4. The summed E-state index contributed by atoms with van der Waals surface area (Å²) in [5.41, 5.74) is 1.27. The minimum Gasteiger partial charge on any atom is -0.389 e. The van der Waals surface area contributed by atoms with E-state index in [2.05, 4.69) is 4.90 Å². The molecule has 1 aliphatic carbocycles. The number of halogens is 3. The first kappa shape index (κ1) is 23.8. The molecule has 1 N–H and O–H groups in total. The van der Waals surface area contributed by atoms with Crippen LogP contribution in [0, 0.1) is 5.92 Å². The number of hydrogen-bond donors (Lipinski definition) is 1. The molecule has 1 amide bonds. The zero-order valence-corrected chi connectivity index (χ0v) is 18.5. The second kappa shape index (κ2) is 9.33. The van der Waals surface area contributed by atoms with Crippen molar-refractivity contribution in [3.05, 3.63) is 41.5 Å². The lowest BCUT2D eigenvalue weighted by Crippen LogP contribution is -2.54. The number of β-amino-alcohol motifs (C(OH)–C–C–N with tert-alkyl or cyclic N) is 1. The Balaban J connectivity index is 1.74. The van der Waals surface area contributed by atoms with Gasteiger partial charge in [-0.15, -0.1) is 0 Å². The van der Waals surface area contributed by atoms with Gasteiger partial charge in [0.1, 0.15) is 0 Å². The fourth-order valence-corrected chi connectivity index (χ4v) is 4.76. The monoisotopic (exact) mass is 438 g/mol. The Morgan fingerprint density at radius 2 is 1.81 bits per heavy atom. The first-order valence-corrected chi connectivity index (χ1v) is 11.1. The van der Waals surface area contributed by atoms with Crippen LogP contribution in [0.25, 0.3) is 6.08 Å². The number of rotatable bonds is 7. The average Bonchev–Trinajstić information content (AvgIpc) is 3.46. The van der Waals surface area contributed by atoms with Gasteiger partial charge in [0.05, 0.1) is 5.60 Å². The number of carbonyl (C=O) groups is 1. The minimum atomic E-state index is -4.87. The molecule has 31 heavy (non-hydrogen) atoms. The largest absolute Gasteiger partial charge is 0.471 e. The summed E-state index contributed by atoms with van der Waals surface area (Å²) in [7, 11) is 0. The fraction of sp³-hybridized carbons (Fsp3) is 0.625. The Morgan fingerprint density at radius 1 is 1.19 bits per heavy atom. The van der Waals surface area contributed by atoms with Crippen LogP contribution < -0.4 is 0 Å². The van der Waals surface area contributed by atoms with Crippen LogP contribution in [-0.4, -0.2) is 64.3 Å². The van der Waals surface area contributed by atoms with Gasteiger partial charge < -0.3 is 14.9 Å². The molecule has 1 aliphatic heterocycles.